The van der Waals surface area contributed by atoms with Crippen molar-refractivity contribution in [2.24, 2.45) is 4.99 Å². The Labute approximate surface area is 150 Å². The lowest BCUT2D eigenvalue weighted by Gasteiger charge is -2.02. The van der Waals surface area contributed by atoms with Gasteiger partial charge in [0.05, 0.1) is 10.6 Å². The third kappa shape index (κ3) is 3.35. The van der Waals surface area contributed by atoms with Gasteiger partial charge in [-0.25, -0.2) is 4.99 Å². The van der Waals surface area contributed by atoms with E-state index in [0.717, 1.165) is 27.6 Å². The number of aryl methyl sites for hydroxylation is 1. The summed E-state index contributed by atoms with van der Waals surface area (Å²) >= 11 is 1.37. The zero-order valence-corrected chi connectivity index (χ0v) is 14.5. The number of amidine groups is 1. The summed E-state index contributed by atoms with van der Waals surface area (Å²) in [6.45, 7) is 2.02. The first kappa shape index (κ1) is 15.7. The number of nitrogens with one attached hydrogen (secondary N) is 1. The number of amides is 1. The van der Waals surface area contributed by atoms with Crippen LogP contribution in [0.5, 0.6) is 0 Å². The van der Waals surface area contributed by atoms with Crippen LogP contribution in [0.1, 0.15) is 11.1 Å². The quantitative estimate of drug-likeness (QED) is 0.662. The summed E-state index contributed by atoms with van der Waals surface area (Å²) in [6.07, 6.45) is 1.93. The van der Waals surface area contributed by atoms with E-state index in [1.54, 1.807) is 0 Å². The van der Waals surface area contributed by atoms with Crippen molar-refractivity contribution in [3.63, 3.8) is 0 Å². The van der Waals surface area contributed by atoms with Gasteiger partial charge in [0.25, 0.3) is 5.91 Å². The third-order valence-corrected chi connectivity index (χ3v) is 4.90. The van der Waals surface area contributed by atoms with Gasteiger partial charge < -0.3 is 5.32 Å². The highest BCUT2D eigenvalue weighted by atomic mass is 32.2. The van der Waals surface area contributed by atoms with Crippen LogP contribution in [0, 0.1) is 6.92 Å². The summed E-state index contributed by atoms with van der Waals surface area (Å²) in [6, 6.07) is 22.2. The van der Waals surface area contributed by atoms with Crippen LogP contribution in [0.4, 0.5) is 5.69 Å². The molecule has 0 radical (unpaired) electrons. The van der Waals surface area contributed by atoms with Gasteiger partial charge in [-0.05, 0) is 58.8 Å². The number of benzene rings is 3. The van der Waals surface area contributed by atoms with Crippen molar-refractivity contribution in [1.29, 1.82) is 0 Å². The first-order chi connectivity index (χ1) is 12.2. The molecule has 1 saturated heterocycles. The molecule has 0 spiro atoms. The van der Waals surface area contributed by atoms with E-state index in [-0.39, 0.29) is 5.91 Å². The van der Waals surface area contributed by atoms with Crippen molar-refractivity contribution in [3.05, 3.63) is 82.8 Å². The summed E-state index contributed by atoms with van der Waals surface area (Å²) in [5, 5.41) is 5.75. The fourth-order valence-electron chi connectivity index (χ4n) is 2.81. The van der Waals surface area contributed by atoms with Crippen LogP contribution in [0.25, 0.3) is 16.8 Å². The molecule has 1 aliphatic heterocycles. The Morgan fingerprint density at radius 3 is 2.68 bits per heavy atom. The second kappa shape index (κ2) is 6.57. The average molecular weight is 344 g/mol. The number of rotatable bonds is 2. The normalized spacial score (nSPS) is 17.4. The Morgan fingerprint density at radius 2 is 1.80 bits per heavy atom. The molecule has 0 bridgehead atoms. The summed E-state index contributed by atoms with van der Waals surface area (Å²) in [5.41, 5.74) is 3.02. The first-order valence-corrected chi connectivity index (χ1v) is 8.85. The van der Waals surface area contributed by atoms with Gasteiger partial charge in [-0.15, -0.1) is 0 Å². The highest BCUT2D eigenvalue weighted by Gasteiger charge is 2.24. The monoisotopic (exact) mass is 344 g/mol. The van der Waals surface area contributed by atoms with E-state index in [1.165, 1.54) is 11.8 Å². The minimum atomic E-state index is -0.107. The summed E-state index contributed by atoms with van der Waals surface area (Å²) < 4.78 is 0. The van der Waals surface area contributed by atoms with Gasteiger partial charge in [0.15, 0.2) is 5.17 Å². The summed E-state index contributed by atoms with van der Waals surface area (Å²) in [7, 11) is 0. The van der Waals surface area contributed by atoms with Crippen LogP contribution in [0.2, 0.25) is 0 Å². The zero-order valence-electron chi connectivity index (χ0n) is 13.7. The standard InChI is InChI=1S/C21H16N2OS/c1-14-6-4-10-17(12-14)22-21-23-20(24)19(25-21)13-16-9-5-8-15-7-2-3-11-18(15)16/h2-13H,1H3,(H,22,23,24). The molecule has 0 unspecified atom stereocenters. The number of fused-ring (bicyclic) bond motifs is 1. The van der Waals surface area contributed by atoms with E-state index in [4.69, 9.17) is 0 Å². The highest BCUT2D eigenvalue weighted by Crippen LogP contribution is 2.30. The molecule has 0 aromatic heterocycles. The molecule has 3 nitrogen and oxygen atoms in total. The van der Waals surface area contributed by atoms with E-state index in [2.05, 4.69) is 28.5 Å². The number of aliphatic imine (C=N–C) groups is 1. The van der Waals surface area contributed by atoms with Crippen molar-refractivity contribution in [2.75, 3.05) is 0 Å². The van der Waals surface area contributed by atoms with Gasteiger partial charge in [0.1, 0.15) is 0 Å². The lowest BCUT2D eigenvalue weighted by atomic mass is 10.0. The number of carbonyl (C=O) groups excluding carboxylic acids is 1. The smallest absolute Gasteiger partial charge is 0.264 e. The minimum Gasteiger partial charge on any atom is -0.300 e. The molecule has 3 aromatic carbocycles. The van der Waals surface area contributed by atoms with Gasteiger partial charge >= 0.3 is 0 Å². The Balaban J connectivity index is 1.67. The Kier molecular flexibility index (Phi) is 4.12. The summed E-state index contributed by atoms with van der Waals surface area (Å²) in [5.74, 6) is -0.107. The number of hydrogen-bond donors (Lipinski definition) is 1. The van der Waals surface area contributed by atoms with Crippen molar-refractivity contribution in [3.8, 4) is 0 Å². The highest BCUT2D eigenvalue weighted by molar-refractivity contribution is 8.18. The fourth-order valence-corrected chi connectivity index (χ4v) is 3.65. The molecule has 4 rings (SSSR count). The van der Waals surface area contributed by atoms with Crippen LogP contribution in [-0.4, -0.2) is 11.1 Å². The van der Waals surface area contributed by atoms with Crippen LogP contribution in [0.3, 0.4) is 0 Å². The van der Waals surface area contributed by atoms with Gasteiger partial charge in [-0.2, -0.15) is 0 Å². The molecular weight excluding hydrogens is 328 g/mol. The molecule has 4 heteroatoms. The SMILES string of the molecule is Cc1cccc(N=C2NC(=O)C(=Cc3cccc4ccccc34)S2)c1. The average Bonchev–Trinajstić information content (AvgIpc) is 2.94. The van der Waals surface area contributed by atoms with Crippen LogP contribution in [-0.2, 0) is 4.79 Å². The van der Waals surface area contributed by atoms with Gasteiger partial charge in [-0.1, -0.05) is 54.6 Å². The second-order valence-electron chi connectivity index (χ2n) is 5.89. The summed E-state index contributed by atoms with van der Waals surface area (Å²) in [4.78, 5) is 17.5. The molecule has 0 saturated carbocycles. The maximum absolute atomic E-state index is 12.3. The number of hydrogen-bond acceptors (Lipinski definition) is 3. The molecule has 1 amide bonds. The fraction of sp³-hybridized carbons (Fsp3) is 0.0476. The van der Waals surface area contributed by atoms with Crippen molar-refractivity contribution < 1.29 is 4.79 Å². The number of carbonyl (C=O) groups is 1. The predicted octanol–water partition coefficient (Wildman–Crippen LogP) is 5.04. The molecule has 1 heterocycles. The maximum Gasteiger partial charge on any atom is 0.264 e. The molecule has 1 fully saturated rings. The Hall–Kier alpha value is -2.85. The number of thioether (sulfide) groups is 1. The van der Waals surface area contributed by atoms with Crippen LogP contribution >= 0.6 is 11.8 Å². The second-order valence-corrected chi connectivity index (χ2v) is 6.92. The van der Waals surface area contributed by atoms with E-state index in [1.807, 2.05) is 61.5 Å². The van der Waals surface area contributed by atoms with Crippen molar-refractivity contribution in [1.82, 2.24) is 5.32 Å². The lowest BCUT2D eigenvalue weighted by molar-refractivity contribution is -0.115. The molecule has 0 aliphatic carbocycles. The minimum absolute atomic E-state index is 0.107. The molecule has 1 aliphatic rings. The van der Waals surface area contributed by atoms with Gasteiger partial charge in [-0.3, -0.25) is 4.79 Å². The van der Waals surface area contributed by atoms with Gasteiger partial charge in [0, 0.05) is 0 Å². The molecule has 1 N–H and O–H groups in total. The van der Waals surface area contributed by atoms with Gasteiger partial charge in [0.2, 0.25) is 0 Å². The third-order valence-electron chi connectivity index (χ3n) is 3.99. The Morgan fingerprint density at radius 1 is 1.00 bits per heavy atom. The first-order valence-electron chi connectivity index (χ1n) is 8.03. The topological polar surface area (TPSA) is 41.5 Å². The molecule has 25 heavy (non-hydrogen) atoms. The largest absolute Gasteiger partial charge is 0.300 e. The van der Waals surface area contributed by atoms with E-state index in [9.17, 15) is 4.79 Å². The zero-order chi connectivity index (χ0) is 17.2. The van der Waals surface area contributed by atoms with Crippen molar-refractivity contribution >= 4 is 45.4 Å². The molecular formula is C21H16N2OS. The Bertz CT molecular complexity index is 1030. The van der Waals surface area contributed by atoms with Crippen LogP contribution < -0.4 is 5.32 Å². The maximum atomic E-state index is 12.3. The number of nitrogens with zero attached hydrogens (tertiary/aromatic N) is 1. The van der Waals surface area contributed by atoms with E-state index >= 15 is 0 Å². The lowest BCUT2D eigenvalue weighted by Crippen LogP contribution is -2.19. The molecule has 0 atom stereocenters. The van der Waals surface area contributed by atoms with Crippen LogP contribution in [0.15, 0.2) is 76.6 Å². The molecule has 3 aromatic rings. The predicted molar refractivity (Wildman–Crippen MR) is 106 cm³/mol. The van der Waals surface area contributed by atoms with E-state index in [0.29, 0.717) is 10.1 Å². The van der Waals surface area contributed by atoms with Crippen molar-refractivity contribution in [2.45, 2.75) is 6.92 Å². The molecule has 122 valence electrons. The van der Waals surface area contributed by atoms with E-state index < -0.39 is 0 Å².